The van der Waals surface area contributed by atoms with Crippen LogP contribution in [-0.4, -0.2) is 13.5 Å². The van der Waals surface area contributed by atoms with Gasteiger partial charge in [0, 0.05) is 6.61 Å². The Hall–Kier alpha value is 0.0249. The first-order valence-electron chi connectivity index (χ1n) is 5.08. The standard InChI is InChI=1S/C9H17BO/c1-2-5-9(6-3-1)10-7-4-8-11-10/h9H,1-8H2. The molecule has 2 rings (SSSR count). The highest BCUT2D eigenvalue weighted by Crippen LogP contribution is 2.35. The molecule has 0 unspecified atom stereocenters. The average molecular weight is 152 g/mol. The van der Waals surface area contributed by atoms with Crippen molar-refractivity contribution in [1.29, 1.82) is 0 Å². The molecular formula is C9H17BO. The molecule has 0 amide bonds. The molecule has 1 saturated carbocycles. The van der Waals surface area contributed by atoms with Gasteiger partial charge in [0.05, 0.1) is 0 Å². The van der Waals surface area contributed by atoms with Crippen molar-refractivity contribution in [2.45, 2.75) is 50.7 Å². The predicted molar refractivity (Wildman–Crippen MR) is 48.0 cm³/mol. The predicted octanol–water partition coefficient (Wildman–Crippen LogP) is 2.73. The molecule has 11 heavy (non-hydrogen) atoms. The summed E-state index contributed by atoms with van der Waals surface area (Å²) in [6, 6.07) is 0. The van der Waals surface area contributed by atoms with E-state index >= 15 is 0 Å². The number of rotatable bonds is 1. The van der Waals surface area contributed by atoms with Crippen molar-refractivity contribution in [2.75, 3.05) is 6.61 Å². The van der Waals surface area contributed by atoms with Crippen LogP contribution >= 0.6 is 0 Å². The lowest BCUT2D eigenvalue weighted by atomic mass is 9.50. The third-order valence-corrected chi connectivity index (χ3v) is 3.14. The van der Waals surface area contributed by atoms with Crippen molar-refractivity contribution >= 4 is 6.92 Å². The van der Waals surface area contributed by atoms with E-state index in [9.17, 15) is 0 Å². The second-order valence-corrected chi connectivity index (χ2v) is 3.95. The smallest absolute Gasteiger partial charge is 0.296 e. The normalized spacial score (nSPS) is 27.8. The van der Waals surface area contributed by atoms with E-state index in [0.29, 0.717) is 6.92 Å². The van der Waals surface area contributed by atoms with Gasteiger partial charge in [0.1, 0.15) is 0 Å². The van der Waals surface area contributed by atoms with Crippen LogP contribution in [-0.2, 0) is 4.65 Å². The summed E-state index contributed by atoms with van der Waals surface area (Å²) < 4.78 is 5.69. The molecule has 0 bridgehead atoms. The van der Waals surface area contributed by atoms with Gasteiger partial charge in [-0.05, 0) is 18.6 Å². The van der Waals surface area contributed by atoms with Crippen LogP contribution in [0.5, 0.6) is 0 Å². The van der Waals surface area contributed by atoms with E-state index < -0.39 is 0 Å². The first-order valence-corrected chi connectivity index (χ1v) is 5.08. The van der Waals surface area contributed by atoms with Gasteiger partial charge in [0.15, 0.2) is 0 Å². The van der Waals surface area contributed by atoms with Crippen LogP contribution < -0.4 is 0 Å². The van der Waals surface area contributed by atoms with E-state index in [2.05, 4.69) is 0 Å². The van der Waals surface area contributed by atoms with Crippen LogP contribution in [0.2, 0.25) is 12.1 Å². The van der Waals surface area contributed by atoms with Gasteiger partial charge in [-0.25, -0.2) is 0 Å². The van der Waals surface area contributed by atoms with Crippen LogP contribution in [0.25, 0.3) is 0 Å². The van der Waals surface area contributed by atoms with Gasteiger partial charge in [0.2, 0.25) is 0 Å². The van der Waals surface area contributed by atoms with E-state index in [1.165, 1.54) is 44.8 Å². The molecule has 1 aliphatic carbocycles. The Labute approximate surface area is 69.6 Å². The summed E-state index contributed by atoms with van der Waals surface area (Å²) in [4.78, 5) is 0. The second-order valence-electron chi connectivity index (χ2n) is 3.95. The largest absolute Gasteiger partial charge is 0.436 e. The minimum absolute atomic E-state index is 0.648. The van der Waals surface area contributed by atoms with Gasteiger partial charge in [-0.3, -0.25) is 0 Å². The molecule has 1 nitrogen and oxygen atoms in total. The summed E-state index contributed by atoms with van der Waals surface area (Å²) in [7, 11) is 0. The van der Waals surface area contributed by atoms with Crippen molar-refractivity contribution in [1.82, 2.24) is 0 Å². The SMILES string of the molecule is C1CCC(B2CCCO2)CC1. The average Bonchev–Trinajstić information content (AvgIpc) is 2.58. The summed E-state index contributed by atoms with van der Waals surface area (Å²) in [5.41, 5.74) is 0. The van der Waals surface area contributed by atoms with Gasteiger partial charge in [-0.15, -0.1) is 0 Å². The topological polar surface area (TPSA) is 9.23 Å². The van der Waals surface area contributed by atoms with E-state index in [4.69, 9.17) is 4.65 Å². The zero-order valence-electron chi connectivity index (χ0n) is 7.22. The highest BCUT2D eigenvalue weighted by Gasteiger charge is 2.31. The summed E-state index contributed by atoms with van der Waals surface area (Å²) in [5.74, 6) is 0.922. The Kier molecular flexibility index (Phi) is 2.52. The minimum atomic E-state index is 0.648. The Balaban J connectivity index is 1.82. The molecule has 0 atom stereocenters. The van der Waals surface area contributed by atoms with Crippen molar-refractivity contribution in [2.24, 2.45) is 0 Å². The first-order chi connectivity index (χ1) is 5.47. The molecule has 0 spiro atoms. The molecule has 1 aliphatic heterocycles. The minimum Gasteiger partial charge on any atom is -0.436 e. The molecular weight excluding hydrogens is 135 g/mol. The van der Waals surface area contributed by atoms with Gasteiger partial charge in [-0.1, -0.05) is 32.1 Å². The van der Waals surface area contributed by atoms with Crippen LogP contribution in [0.3, 0.4) is 0 Å². The first kappa shape index (κ1) is 7.66. The second kappa shape index (κ2) is 3.62. The molecule has 1 heterocycles. The van der Waals surface area contributed by atoms with Crippen LogP contribution in [0.15, 0.2) is 0 Å². The van der Waals surface area contributed by atoms with Gasteiger partial charge in [0.25, 0.3) is 6.92 Å². The van der Waals surface area contributed by atoms with Crippen molar-refractivity contribution in [3.63, 3.8) is 0 Å². The van der Waals surface area contributed by atoms with E-state index in [0.717, 1.165) is 12.4 Å². The number of hydrogen-bond acceptors (Lipinski definition) is 1. The maximum Gasteiger partial charge on any atom is 0.296 e. The zero-order chi connectivity index (χ0) is 7.52. The Bertz CT molecular complexity index is 115. The van der Waals surface area contributed by atoms with Gasteiger partial charge < -0.3 is 4.65 Å². The van der Waals surface area contributed by atoms with E-state index in [1.54, 1.807) is 0 Å². The highest BCUT2D eigenvalue weighted by atomic mass is 16.4. The fourth-order valence-electron chi connectivity index (χ4n) is 2.48. The molecule has 0 aromatic heterocycles. The Morgan fingerprint density at radius 2 is 1.82 bits per heavy atom. The summed E-state index contributed by atoms with van der Waals surface area (Å²) in [6.07, 6.45) is 9.87. The molecule has 0 aromatic rings. The van der Waals surface area contributed by atoms with Crippen molar-refractivity contribution < 1.29 is 4.65 Å². The maximum absolute atomic E-state index is 5.69. The highest BCUT2D eigenvalue weighted by molar-refractivity contribution is 6.54. The summed E-state index contributed by atoms with van der Waals surface area (Å²) in [5, 5.41) is 0. The number of hydrogen-bond donors (Lipinski definition) is 0. The zero-order valence-corrected chi connectivity index (χ0v) is 7.22. The van der Waals surface area contributed by atoms with Crippen LogP contribution in [0, 0.1) is 0 Å². The molecule has 0 radical (unpaired) electrons. The van der Waals surface area contributed by atoms with Gasteiger partial charge in [-0.2, -0.15) is 0 Å². The molecule has 2 aliphatic rings. The molecule has 0 aromatic carbocycles. The monoisotopic (exact) mass is 152 g/mol. The fourth-order valence-corrected chi connectivity index (χ4v) is 2.48. The summed E-state index contributed by atoms with van der Waals surface area (Å²) >= 11 is 0. The van der Waals surface area contributed by atoms with Gasteiger partial charge >= 0.3 is 0 Å². The van der Waals surface area contributed by atoms with Crippen molar-refractivity contribution in [3.8, 4) is 0 Å². The molecule has 62 valence electrons. The molecule has 1 saturated heterocycles. The Morgan fingerprint density at radius 1 is 1.00 bits per heavy atom. The quantitative estimate of drug-likeness (QED) is 0.525. The third kappa shape index (κ3) is 1.78. The maximum atomic E-state index is 5.69. The van der Waals surface area contributed by atoms with E-state index in [1.807, 2.05) is 0 Å². The van der Waals surface area contributed by atoms with Crippen LogP contribution in [0.1, 0.15) is 38.5 Å². The Morgan fingerprint density at radius 3 is 2.45 bits per heavy atom. The molecule has 0 N–H and O–H groups in total. The third-order valence-electron chi connectivity index (χ3n) is 3.14. The van der Waals surface area contributed by atoms with Crippen LogP contribution in [0.4, 0.5) is 0 Å². The fraction of sp³-hybridized carbons (Fsp3) is 1.00. The van der Waals surface area contributed by atoms with Crippen molar-refractivity contribution in [3.05, 3.63) is 0 Å². The molecule has 2 fully saturated rings. The summed E-state index contributed by atoms with van der Waals surface area (Å²) in [6.45, 7) is 1.68. The lowest BCUT2D eigenvalue weighted by molar-refractivity contribution is 0.340. The lowest BCUT2D eigenvalue weighted by Crippen LogP contribution is -2.21. The molecule has 2 heteroatoms. The van der Waals surface area contributed by atoms with E-state index in [-0.39, 0.29) is 0 Å². The lowest BCUT2D eigenvalue weighted by Gasteiger charge is -2.23.